The van der Waals surface area contributed by atoms with Gasteiger partial charge in [0.2, 0.25) is 5.78 Å². The zero-order valence-electron chi connectivity index (χ0n) is 10.3. The van der Waals surface area contributed by atoms with Crippen molar-refractivity contribution in [1.29, 1.82) is 0 Å². The van der Waals surface area contributed by atoms with Crippen molar-refractivity contribution >= 4 is 17.1 Å². The van der Waals surface area contributed by atoms with E-state index in [0.29, 0.717) is 12.2 Å². The largest absolute Gasteiger partial charge is 0.286 e. The molecule has 0 aromatic carbocycles. The number of rotatable bonds is 3. The number of carbonyl (C=O) groups is 1. The van der Waals surface area contributed by atoms with Crippen molar-refractivity contribution < 1.29 is 4.79 Å². The van der Waals surface area contributed by atoms with Gasteiger partial charge in [-0.15, -0.1) is 16.4 Å². The third-order valence-electron chi connectivity index (χ3n) is 3.37. The minimum absolute atomic E-state index is 0.0567. The van der Waals surface area contributed by atoms with Crippen LogP contribution in [0.4, 0.5) is 0 Å². The number of nitrogens with zero attached hydrogens (tertiary/aromatic N) is 3. The van der Waals surface area contributed by atoms with E-state index >= 15 is 0 Å². The molecule has 0 saturated heterocycles. The van der Waals surface area contributed by atoms with E-state index in [1.807, 2.05) is 6.92 Å². The first-order valence-electron chi connectivity index (χ1n) is 6.34. The Balaban J connectivity index is 1.95. The highest BCUT2D eigenvalue weighted by Crippen LogP contribution is 2.30. The summed E-state index contributed by atoms with van der Waals surface area (Å²) < 4.78 is 1.65. The third-order valence-corrected chi connectivity index (χ3v) is 4.61. The van der Waals surface area contributed by atoms with Crippen LogP contribution >= 0.6 is 11.3 Å². The number of fused-ring (bicyclic) bond motifs is 1. The summed E-state index contributed by atoms with van der Waals surface area (Å²) in [6.45, 7) is 2.64. The van der Waals surface area contributed by atoms with Crippen molar-refractivity contribution in [2.75, 3.05) is 0 Å². The van der Waals surface area contributed by atoms with Gasteiger partial charge in [0.05, 0.1) is 11.1 Å². The molecule has 0 bridgehead atoms. The summed E-state index contributed by atoms with van der Waals surface area (Å²) in [7, 11) is 0. The van der Waals surface area contributed by atoms with Crippen LogP contribution in [0, 0.1) is 0 Å². The third kappa shape index (κ3) is 1.88. The lowest BCUT2D eigenvalue weighted by atomic mass is 9.99. The Morgan fingerprint density at radius 2 is 2.28 bits per heavy atom. The summed E-state index contributed by atoms with van der Waals surface area (Å²) in [5.74, 6) is 0.0567. The van der Waals surface area contributed by atoms with E-state index in [4.69, 9.17) is 0 Å². The maximum Gasteiger partial charge on any atom is 0.222 e. The fourth-order valence-electron chi connectivity index (χ4n) is 2.40. The van der Waals surface area contributed by atoms with Gasteiger partial charge in [-0.1, -0.05) is 5.21 Å². The van der Waals surface area contributed by atoms with Gasteiger partial charge in [0.25, 0.3) is 0 Å². The average molecular weight is 261 g/mol. The molecule has 0 saturated carbocycles. The van der Waals surface area contributed by atoms with E-state index < -0.39 is 0 Å². The number of thiophene rings is 1. The van der Waals surface area contributed by atoms with E-state index in [1.54, 1.807) is 22.2 Å². The standard InChI is InChI=1S/C13H15N3OS/c1-2-16-10(8-14-15-16)13(17)12-7-9-5-3-4-6-11(9)18-12/h7-8H,2-6H2,1H3. The van der Waals surface area contributed by atoms with E-state index in [9.17, 15) is 4.79 Å². The van der Waals surface area contributed by atoms with Crippen LogP contribution in [0.3, 0.4) is 0 Å². The first kappa shape index (κ1) is 11.6. The fourth-order valence-corrected chi connectivity index (χ4v) is 3.60. The minimum atomic E-state index is 0.0567. The number of hydrogen-bond donors (Lipinski definition) is 0. The van der Waals surface area contributed by atoms with Crippen LogP contribution in [0.15, 0.2) is 12.3 Å². The molecule has 94 valence electrons. The number of ketones is 1. The lowest BCUT2D eigenvalue weighted by Gasteiger charge is -2.08. The van der Waals surface area contributed by atoms with Gasteiger partial charge < -0.3 is 0 Å². The molecule has 18 heavy (non-hydrogen) atoms. The molecule has 0 aliphatic heterocycles. The summed E-state index contributed by atoms with van der Waals surface area (Å²) in [6, 6.07) is 2.06. The molecule has 0 unspecified atom stereocenters. The Labute approximate surface area is 110 Å². The molecular weight excluding hydrogens is 246 g/mol. The second-order valence-electron chi connectivity index (χ2n) is 4.53. The van der Waals surface area contributed by atoms with Crippen LogP contribution in [0.5, 0.6) is 0 Å². The van der Waals surface area contributed by atoms with E-state index in [1.165, 1.54) is 23.3 Å². The average Bonchev–Trinajstić information content (AvgIpc) is 3.03. The van der Waals surface area contributed by atoms with E-state index in [-0.39, 0.29) is 5.78 Å². The molecule has 1 aliphatic carbocycles. The van der Waals surface area contributed by atoms with Crippen molar-refractivity contribution in [3.63, 3.8) is 0 Å². The second kappa shape index (κ2) is 4.65. The SMILES string of the molecule is CCn1nncc1C(=O)c1cc2c(s1)CCCC2. The van der Waals surface area contributed by atoms with Crippen LogP contribution in [0.1, 0.15) is 45.6 Å². The maximum atomic E-state index is 12.4. The molecule has 2 aromatic rings. The molecule has 1 aliphatic rings. The van der Waals surface area contributed by atoms with Gasteiger partial charge in [-0.05, 0) is 44.2 Å². The van der Waals surface area contributed by atoms with E-state index in [2.05, 4.69) is 16.4 Å². The summed E-state index contributed by atoms with van der Waals surface area (Å²) in [5.41, 5.74) is 1.96. The lowest BCUT2D eigenvalue weighted by Crippen LogP contribution is -2.09. The van der Waals surface area contributed by atoms with Gasteiger partial charge in [0.15, 0.2) is 0 Å². The Bertz CT molecular complexity index is 561. The Kier molecular flexibility index (Phi) is 2.99. The molecule has 0 spiro atoms. The zero-order chi connectivity index (χ0) is 12.5. The molecular formula is C13H15N3OS. The Hall–Kier alpha value is -1.49. The molecule has 0 atom stereocenters. The van der Waals surface area contributed by atoms with Gasteiger partial charge in [-0.2, -0.15) is 0 Å². The highest BCUT2D eigenvalue weighted by molar-refractivity contribution is 7.14. The van der Waals surface area contributed by atoms with Gasteiger partial charge in [-0.3, -0.25) is 4.79 Å². The monoisotopic (exact) mass is 261 g/mol. The smallest absolute Gasteiger partial charge is 0.222 e. The molecule has 4 nitrogen and oxygen atoms in total. The summed E-state index contributed by atoms with van der Waals surface area (Å²) in [5, 5.41) is 7.73. The molecule has 5 heteroatoms. The van der Waals surface area contributed by atoms with Crippen LogP contribution in [0.2, 0.25) is 0 Å². The Morgan fingerprint density at radius 1 is 1.44 bits per heavy atom. The molecule has 0 radical (unpaired) electrons. The predicted octanol–water partition coefficient (Wildman–Crippen LogP) is 2.47. The quantitative estimate of drug-likeness (QED) is 0.797. The van der Waals surface area contributed by atoms with Crippen LogP contribution in [0.25, 0.3) is 0 Å². The summed E-state index contributed by atoms with van der Waals surface area (Å²) in [4.78, 5) is 14.6. The maximum absolute atomic E-state index is 12.4. The number of hydrogen-bond acceptors (Lipinski definition) is 4. The van der Waals surface area contributed by atoms with E-state index in [0.717, 1.165) is 17.7 Å². The summed E-state index contributed by atoms with van der Waals surface area (Å²) >= 11 is 1.64. The Morgan fingerprint density at radius 3 is 3.06 bits per heavy atom. The second-order valence-corrected chi connectivity index (χ2v) is 5.67. The first-order valence-corrected chi connectivity index (χ1v) is 7.16. The van der Waals surface area contributed by atoms with Gasteiger partial charge in [0.1, 0.15) is 5.69 Å². The lowest BCUT2D eigenvalue weighted by molar-refractivity contribution is 0.103. The highest BCUT2D eigenvalue weighted by atomic mass is 32.1. The van der Waals surface area contributed by atoms with Crippen molar-refractivity contribution in [1.82, 2.24) is 15.0 Å². The van der Waals surface area contributed by atoms with Crippen molar-refractivity contribution in [2.24, 2.45) is 0 Å². The number of aromatic nitrogens is 3. The molecule has 3 rings (SSSR count). The normalized spacial score (nSPS) is 14.5. The number of aryl methyl sites for hydroxylation is 3. The molecule has 0 fully saturated rings. The number of carbonyl (C=O) groups excluding carboxylic acids is 1. The molecule has 2 aromatic heterocycles. The van der Waals surface area contributed by atoms with Crippen LogP contribution in [-0.4, -0.2) is 20.8 Å². The highest BCUT2D eigenvalue weighted by Gasteiger charge is 2.20. The van der Waals surface area contributed by atoms with Crippen LogP contribution < -0.4 is 0 Å². The predicted molar refractivity (Wildman–Crippen MR) is 70.1 cm³/mol. The van der Waals surface area contributed by atoms with Crippen molar-refractivity contribution in [3.05, 3.63) is 33.3 Å². The van der Waals surface area contributed by atoms with Crippen molar-refractivity contribution in [3.8, 4) is 0 Å². The minimum Gasteiger partial charge on any atom is -0.286 e. The zero-order valence-corrected chi connectivity index (χ0v) is 11.2. The topological polar surface area (TPSA) is 47.8 Å². The molecule has 2 heterocycles. The van der Waals surface area contributed by atoms with Gasteiger partial charge >= 0.3 is 0 Å². The fraction of sp³-hybridized carbons (Fsp3) is 0.462. The summed E-state index contributed by atoms with van der Waals surface area (Å²) in [6.07, 6.45) is 6.29. The van der Waals surface area contributed by atoms with Crippen LogP contribution in [-0.2, 0) is 19.4 Å². The molecule has 0 N–H and O–H groups in total. The van der Waals surface area contributed by atoms with Crippen molar-refractivity contribution in [2.45, 2.75) is 39.2 Å². The van der Waals surface area contributed by atoms with Gasteiger partial charge in [-0.25, -0.2) is 4.68 Å². The molecule has 0 amide bonds. The first-order chi connectivity index (χ1) is 8.79. The van der Waals surface area contributed by atoms with Gasteiger partial charge in [0, 0.05) is 11.4 Å².